The number of carbonyl (C=O) groups is 3. The molecule has 1 saturated heterocycles. The Morgan fingerprint density at radius 3 is 2.88 bits per heavy atom. The van der Waals surface area contributed by atoms with Crippen molar-refractivity contribution in [1.29, 1.82) is 0 Å². The van der Waals surface area contributed by atoms with Crippen molar-refractivity contribution in [3.05, 3.63) is 34.4 Å². The molecule has 3 aliphatic rings. The Balaban J connectivity index is 0.00000169. The van der Waals surface area contributed by atoms with Crippen LogP contribution in [-0.4, -0.2) is 84.2 Å². The molecular formula is C14H13N4NaO4S. The van der Waals surface area contributed by atoms with Crippen molar-refractivity contribution in [2.24, 2.45) is 0 Å². The van der Waals surface area contributed by atoms with Gasteiger partial charge in [0.1, 0.15) is 23.4 Å². The molecule has 2 amide bonds. The number of fused-ring (bicyclic) bond motifs is 2. The quantitative estimate of drug-likeness (QED) is 0.433. The Hall–Kier alpha value is -1.55. The molecular weight excluding hydrogens is 343 g/mol. The summed E-state index contributed by atoms with van der Waals surface area (Å²) in [5, 5.41) is 10.2. The number of carboxylic acids is 1. The Labute approximate surface area is 163 Å². The molecule has 120 valence electrons. The number of amides is 2. The van der Waals surface area contributed by atoms with Crippen molar-refractivity contribution >= 4 is 65.2 Å². The molecule has 0 radical (unpaired) electrons. The number of nitrogens with zero attached hydrogens (tertiary/aromatic N) is 4. The third-order valence-corrected chi connectivity index (χ3v) is 5.13. The van der Waals surface area contributed by atoms with Crippen molar-refractivity contribution < 1.29 is 19.5 Å². The first kappa shape index (κ1) is 17.3. The summed E-state index contributed by atoms with van der Waals surface area (Å²) in [6.07, 6.45) is 3.42. The zero-order valence-corrected chi connectivity index (χ0v) is 12.9. The van der Waals surface area contributed by atoms with Gasteiger partial charge in [0.2, 0.25) is 5.91 Å². The minimum absolute atomic E-state index is 0. The molecule has 1 aromatic rings. The predicted octanol–water partition coefficient (Wildman–Crippen LogP) is -0.569. The molecule has 1 N–H and O–H groups in total. The summed E-state index contributed by atoms with van der Waals surface area (Å²) in [7, 11) is 1.72. The third-order valence-electron chi connectivity index (χ3n) is 4.04. The second-order valence-electron chi connectivity index (χ2n) is 5.53. The van der Waals surface area contributed by atoms with E-state index in [1.54, 1.807) is 28.8 Å². The van der Waals surface area contributed by atoms with Gasteiger partial charge >= 0.3 is 35.5 Å². The van der Waals surface area contributed by atoms with Crippen LogP contribution in [-0.2, 0) is 27.5 Å². The van der Waals surface area contributed by atoms with Crippen LogP contribution in [0.3, 0.4) is 0 Å². The second-order valence-corrected chi connectivity index (χ2v) is 6.49. The van der Waals surface area contributed by atoms with E-state index in [9.17, 15) is 14.4 Å². The molecule has 1 unspecified atom stereocenters. The van der Waals surface area contributed by atoms with Crippen LogP contribution in [0.25, 0.3) is 6.08 Å². The van der Waals surface area contributed by atoms with Gasteiger partial charge in [-0.15, -0.1) is 11.8 Å². The summed E-state index contributed by atoms with van der Waals surface area (Å²) in [5.74, 6) is -0.633. The Bertz CT molecular complexity index is 831. The molecule has 1 atom stereocenters. The monoisotopic (exact) mass is 356 g/mol. The molecule has 3 aliphatic heterocycles. The summed E-state index contributed by atoms with van der Waals surface area (Å²) in [5.41, 5.74) is 1.15. The van der Waals surface area contributed by atoms with E-state index in [1.807, 2.05) is 0 Å². The molecule has 0 aliphatic carbocycles. The first-order chi connectivity index (χ1) is 11.0. The molecule has 10 heteroatoms. The normalized spacial score (nSPS) is 23.5. The number of thioether (sulfide) groups is 1. The molecule has 1 aromatic heterocycles. The topological polar surface area (TPSA) is 95.7 Å². The van der Waals surface area contributed by atoms with Crippen molar-refractivity contribution in [3.63, 3.8) is 0 Å². The average molecular weight is 356 g/mol. The number of carbonyl (C=O) groups excluding carboxylic acids is 2. The number of aromatic nitrogens is 2. The van der Waals surface area contributed by atoms with Gasteiger partial charge in [0.25, 0.3) is 5.91 Å². The number of β-lactam (4-membered cyclic amide) rings is 1. The van der Waals surface area contributed by atoms with E-state index < -0.39 is 5.97 Å². The van der Waals surface area contributed by atoms with Crippen molar-refractivity contribution in [2.75, 3.05) is 7.05 Å². The molecule has 24 heavy (non-hydrogen) atoms. The molecule has 4 rings (SSSR count). The molecule has 0 saturated carbocycles. The van der Waals surface area contributed by atoms with Gasteiger partial charge in [-0.3, -0.25) is 14.5 Å². The molecule has 8 nitrogen and oxygen atoms in total. The average Bonchev–Trinajstić information content (AvgIpc) is 3.06. The molecule has 4 heterocycles. The summed E-state index contributed by atoms with van der Waals surface area (Å²) < 4.78 is 1.78. The van der Waals surface area contributed by atoms with Crippen LogP contribution in [0.2, 0.25) is 0 Å². The van der Waals surface area contributed by atoms with E-state index in [0.29, 0.717) is 17.8 Å². The van der Waals surface area contributed by atoms with E-state index in [4.69, 9.17) is 5.11 Å². The van der Waals surface area contributed by atoms with Gasteiger partial charge in [0.05, 0.1) is 17.8 Å². The minimum atomic E-state index is -1.11. The van der Waals surface area contributed by atoms with E-state index in [0.717, 1.165) is 5.82 Å². The van der Waals surface area contributed by atoms with Gasteiger partial charge in [-0.25, -0.2) is 9.78 Å². The predicted molar refractivity (Wildman–Crippen MR) is 87.8 cm³/mol. The number of likely N-dealkylation sites (N-methyl/N-ethyl adjacent to an activating group) is 1. The van der Waals surface area contributed by atoms with Crippen molar-refractivity contribution in [3.8, 4) is 0 Å². The molecule has 0 bridgehead atoms. The SMILES string of the molecule is CN1Cc2nc(/C=C3\C(=O)N4C(C(=O)O)=CSC34)cn2CC1=O.[NaH]. The van der Waals surface area contributed by atoms with Gasteiger partial charge in [0.15, 0.2) is 0 Å². The van der Waals surface area contributed by atoms with E-state index in [1.165, 1.54) is 22.1 Å². The van der Waals surface area contributed by atoms with Crippen molar-refractivity contribution in [2.45, 2.75) is 18.5 Å². The number of hydrogen-bond donors (Lipinski definition) is 1. The summed E-state index contributed by atoms with van der Waals surface area (Å²) in [4.78, 5) is 42.2. The van der Waals surface area contributed by atoms with Gasteiger partial charge in [-0.1, -0.05) is 0 Å². The van der Waals surface area contributed by atoms with Crippen LogP contribution in [0, 0.1) is 0 Å². The van der Waals surface area contributed by atoms with E-state index in [2.05, 4.69) is 4.98 Å². The zero-order valence-electron chi connectivity index (χ0n) is 12.1. The number of rotatable bonds is 2. The maximum atomic E-state index is 12.2. The Kier molecular flexibility index (Phi) is 4.37. The maximum absolute atomic E-state index is 12.2. The standard InChI is InChI=1S/C14H12N4O4S.Na.H/c1-16-4-10-15-7(3-17(10)5-11(16)19)2-8-12(20)18-9(14(21)22)6-23-13(8)18;;/h2-3,6,13H,4-5H2,1H3,(H,21,22);;/b8-2+;;. The summed E-state index contributed by atoms with van der Waals surface area (Å²) >= 11 is 1.29. The van der Waals surface area contributed by atoms with Gasteiger partial charge in [-0.05, 0) is 6.08 Å². The first-order valence-corrected chi connectivity index (χ1v) is 7.84. The fraction of sp³-hybridized carbons (Fsp3) is 0.286. The van der Waals surface area contributed by atoms with Crippen LogP contribution < -0.4 is 0 Å². The van der Waals surface area contributed by atoms with Gasteiger partial charge in [0, 0.05) is 18.7 Å². The van der Waals surface area contributed by atoms with Crippen LogP contribution >= 0.6 is 11.8 Å². The number of imidazole rings is 1. The van der Waals surface area contributed by atoms with Crippen molar-refractivity contribution in [1.82, 2.24) is 19.4 Å². The second kappa shape index (κ2) is 6.07. The summed E-state index contributed by atoms with van der Waals surface area (Å²) in [6, 6.07) is 0. The van der Waals surface area contributed by atoms with Gasteiger partial charge < -0.3 is 14.6 Å². The van der Waals surface area contributed by atoms with Crippen LogP contribution in [0.4, 0.5) is 0 Å². The fourth-order valence-electron chi connectivity index (χ4n) is 2.80. The van der Waals surface area contributed by atoms with E-state index >= 15 is 0 Å². The Morgan fingerprint density at radius 1 is 1.42 bits per heavy atom. The molecule has 0 aromatic carbocycles. The number of aliphatic carboxylic acids is 1. The number of hydrogen-bond acceptors (Lipinski definition) is 5. The third kappa shape index (κ3) is 2.52. The van der Waals surface area contributed by atoms with Gasteiger partial charge in [-0.2, -0.15) is 0 Å². The zero-order chi connectivity index (χ0) is 16.3. The first-order valence-electron chi connectivity index (χ1n) is 6.90. The van der Waals surface area contributed by atoms with Crippen LogP contribution in [0.5, 0.6) is 0 Å². The van der Waals surface area contributed by atoms with Crippen LogP contribution in [0.15, 0.2) is 22.9 Å². The molecule has 1 fully saturated rings. The summed E-state index contributed by atoms with van der Waals surface area (Å²) in [6.45, 7) is 0.677. The Morgan fingerprint density at radius 2 is 2.17 bits per heavy atom. The van der Waals surface area contributed by atoms with Crippen LogP contribution in [0.1, 0.15) is 11.5 Å². The number of carboxylic acid groups (broad SMARTS) is 1. The molecule has 0 spiro atoms. The fourth-order valence-corrected chi connectivity index (χ4v) is 3.92. The van der Waals surface area contributed by atoms with E-state index in [-0.39, 0.29) is 59.0 Å².